The minimum absolute atomic E-state index is 0.0515. The number of aromatic carboxylic acids is 1. The van der Waals surface area contributed by atoms with Crippen LogP contribution >= 0.6 is 11.6 Å². The number of aromatic hydroxyl groups is 1. The number of phenols is 1. The molecule has 144 valence electrons. The Bertz CT molecular complexity index is 930. The number of rotatable bonds is 3. The largest absolute Gasteiger partial charge is 0.506 e. The number of carbonyl (C=O) groups is 1. The Morgan fingerprint density at radius 1 is 1.26 bits per heavy atom. The van der Waals surface area contributed by atoms with Gasteiger partial charge in [-0.3, -0.25) is 0 Å². The molecular formula is C20H22ClFN2O3. The van der Waals surface area contributed by atoms with Gasteiger partial charge in [0.25, 0.3) is 0 Å². The van der Waals surface area contributed by atoms with Crippen molar-refractivity contribution in [2.24, 2.45) is 5.73 Å². The third-order valence-corrected chi connectivity index (χ3v) is 5.93. The summed E-state index contributed by atoms with van der Waals surface area (Å²) in [6.07, 6.45) is 4.63. The van der Waals surface area contributed by atoms with Gasteiger partial charge in [-0.15, -0.1) is 0 Å². The molecule has 0 radical (unpaired) electrons. The summed E-state index contributed by atoms with van der Waals surface area (Å²) in [7, 11) is 0. The smallest absolute Gasteiger partial charge is 0.339 e. The van der Waals surface area contributed by atoms with Gasteiger partial charge in [0.2, 0.25) is 0 Å². The number of fused-ring (bicyclic) bond motifs is 1. The lowest BCUT2D eigenvalue weighted by molar-refractivity contribution is 0.0694. The lowest BCUT2D eigenvalue weighted by Gasteiger charge is -2.27. The number of benzene rings is 2. The van der Waals surface area contributed by atoms with Crippen LogP contribution in [0, 0.1) is 5.82 Å². The van der Waals surface area contributed by atoms with Gasteiger partial charge >= 0.3 is 5.97 Å². The Morgan fingerprint density at radius 3 is 2.67 bits per heavy atom. The molecule has 5 nitrogen and oxygen atoms in total. The number of carboxylic acids is 1. The lowest BCUT2D eigenvalue weighted by atomic mass is 9.95. The van der Waals surface area contributed by atoms with Crippen molar-refractivity contribution in [2.75, 3.05) is 18.0 Å². The van der Waals surface area contributed by atoms with E-state index in [1.54, 1.807) is 0 Å². The zero-order valence-electron chi connectivity index (χ0n) is 14.8. The second kappa shape index (κ2) is 6.84. The Kier molecular flexibility index (Phi) is 4.64. The highest BCUT2D eigenvalue weighted by atomic mass is 35.5. The molecule has 1 atom stereocenters. The van der Waals surface area contributed by atoms with E-state index >= 15 is 4.39 Å². The molecule has 2 fully saturated rings. The molecule has 1 saturated carbocycles. The first kappa shape index (κ1) is 18.3. The Labute approximate surface area is 161 Å². The number of nitrogens with zero attached hydrogens (tertiary/aromatic N) is 1. The van der Waals surface area contributed by atoms with E-state index < -0.39 is 17.5 Å². The minimum Gasteiger partial charge on any atom is -0.506 e. The van der Waals surface area contributed by atoms with Gasteiger partial charge in [0.05, 0.1) is 10.7 Å². The fourth-order valence-electron chi connectivity index (χ4n) is 4.07. The van der Waals surface area contributed by atoms with Crippen molar-refractivity contribution in [1.82, 2.24) is 0 Å². The standard InChI is InChI=1S/C20H22ClFN2O3/c21-17-16-12(10-4-5-10)7-14(20(26)27)19(25)13(16)8-15(22)18(17)24-6-2-1-3-11(23)9-24/h7-8,10-11,25H,1-6,9,23H2,(H,26,27)/t11-/m1/s1. The first-order valence-corrected chi connectivity index (χ1v) is 9.67. The van der Waals surface area contributed by atoms with E-state index in [0.717, 1.165) is 37.7 Å². The van der Waals surface area contributed by atoms with Gasteiger partial charge in [-0.1, -0.05) is 18.0 Å². The summed E-state index contributed by atoms with van der Waals surface area (Å²) in [5.74, 6) is -2.06. The minimum atomic E-state index is -1.24. The summed E-state index contributed by atoms with van der Waals surface area (Å²) in [4.78, 5) is 13.4. The molecule has 0 bridgehead atoms. The van der Waals surface area contributed by atoms with Gasteiger partial charge < -0.3 is 20.8 Å². The summed E-state index contributed by atoms with van der Waals surface area (Å²) in [6, 6.07) is 2.64. The summed E-state index contributed by atoms with van der Waals surface area (Å²) in [6.45, 7) is 1.17. The molecule has 4 N–H and O–H groups in total. The summed E-state index contributed by atoms with van der Waals surface area (Å²) < 4.78 is 15.1. The maximum Gasteiger partial charge on any atom is 0.339 e. The third-order valence-electron chi connectivity index (χ3n) is 5.56. The zero-order chi connectivity index (χ0) is 19.3. The van der Waals surface area contributed by atoms with E-state index in [4.69, 9.17) is 17.3 Å². The molecule has 27 heavy (non-hydrogen) atoms. The molecule has 2 aliphatic rings. The number of hydrogen-bond acceptors (Lipinski definition) is 4. The number of nitrogens with two attached hydrogens (primary N) is 1. The molecule has 0 unspecified atom stereocenters. The fraction of sp³-hybridized carbons (Fsp3) is 0.450. The molecule has 1 aliphatic carbocycles. The highest BCUT2D eigenvalue weighted by Crippen LogP contribution is 2.50. The Balaban J connectivity index is 1.96. The van der Waals surface area contributed by atoms with Crippen molar-refractivity contribution in [3.05, 3.63) is 34.1 Å². The lowest BCUT2D eigenvalue weighted by Crippen LogP contribution is -2.36. The molecule has 1 saturated heterocycles. The van der Waals surface area contributed by atoms with Crippen LogP contribution in [0.3, 0.4) is 0 Å². The normalized spacial score (nSPS) is 20.7. The van der Waals surface area contributed by atoms with Crippen molar-refractivity contribution in [1.29, 1.82) is 0 Å². The molecule has 7 heteroatoms. The first-order chi connectivity index (χ1) is 12.9. The van der Waals surface area contributed by atoms with Crippen LogP contribution in [0.25, 0.3) is 10.8 Å². The average Bonchev–Trinajstić information content (AvgIpc) is 3.44. The average molecular weight is 393 g/mol. The monoisotopic (exact) mass is 392 g/mol. The van der Waals surface area contributed by atoms with Gasteiger partial charge in [-0.25, -0.2) is 9.18 Å². The third kappa shape index (κ3) is 3.21. The van der Waals surface area contributed by atoms with E-state index in [2.05, 4.69) is 0 Å². The zero-order valence-corrected chi connectivity index (χ0v) is 15.6. The van der Waals surface area contributed by atoms with Gasteiger partial charge in [0.1, 0.15) is 17.1 Å². The number of hydrogen-bond donors (Lipinski definition) is 3. The molecule has 1 aliphatic heterocycles. The summed E-state index contributed by atoms with van der Waals surface area (Å²) in [5.41, 5.74) is 6.98. The van der Waals surface area contributed by atoms with Crippen LogP contribution < -0.4 is 10.6 Å². The van der Waals surface area contributed by atoms with E-state index in [1.807, 2.05) is 4.90 Å². The molecule has 0 aromatic heterocycles. The Hall–Kier alpha value is -2.05. The SMILES string of the molecule is N[C@@H]1CCCCN(c2c(F)cc3c(O)c(C(=O)O)cc(C4CC4)c3c2Cl)C1. The van der Waals surface area contributed by atoms with Crippen LogP contribution in [-0.4, -0.2) is 35.3 Å². The second-order valence-corrected chi connectivity index (χ2v) is 7.96. The van der Waals surface area contributed by atoms with Crippen LogP contribution in [0.1, 0.15) is 53.9 Å². The fourth-order valence-corrected chi connectivity index (χ4v) is 4.49. The highest BCUT2D eigenvalue weighted by molar-refractivity contribution is 6.39. The molecule has 2 aromatic carbocycles. The summed E-state index contributed by atoms with van der Waals surface area (Å²) in [5, 5.41) is 20.8. The van der Waals surface area contributed by atoms with Crippen LogP contribution in [0.2, 0.25) is 5.02 Å². The van der Waals surface area contributed by atoms with Gasteiger partial charge in [-0.2, -0.15) is 0 Å². The second-order valence-electron chi connectivity index (χ2n) is 7.59. The van der Waals surface area contributed by atoms with Crippen LogP contribution in [0.15, 0.2) is 12.1 Å². The maximum atomic E-state index is 15.1. The van der Waals surface area contributed by atoms with E-state index in [1.165, 1.54) is 12.1 Å². The van der Waals surface area contributed by atoms with E-state index in [-0.39, 0.29) is 27.9 Å². The highest BCUT2D eigenvalue weighted by Gasteiger charge is 2.32. The van der Waals surface area contributed by atoms with E-state index in [9.17, 15) is 15.0 Å². The number of carboxylic acid groups (broad SMARTS) is 1. The molecule has 0 spiro atoms. The maximum absolute atomic E-state index is 15.1. The number of halogens is 2. The number of anilines is 1. The molecule has 0 amide bonds. The van der Waals surface area contributed by atoms with Crippen LogP contribution in [0.5, 0.6) is 5.75 Å². The van der Waals surface area contributed by atoms with Gasteiger partial charge in [0, 0.05) is 29.9 Å². The summed E-state index contributed by atoms with van der Waals surface area (Å²) >= 11 is 6.68. The first-order valence-electron chi connectivity index (χ1n) is 9.30. The van der Waals surface area contributed by atoms with E-state index in [0.29, 0.717) is 24.2 Å². The van der Waals surface area contributed by atoms with Gasteiger partial charge in [-0.05, 0) is 49.3 Å². The molecule has 1 heterocycles. The predicted molar refractivity (Wildman–Crippen MR) is 104 cm³/mol. The topological polar surface area (TPSA) is 86.8 Å². The van der Waals surface area contributed by atoms with Crippen molar-refractivity contribution in [2.45, 2.75) is 44.1 Å². The predicted octanol–water partition coefficient (Wildman–Crippen LogP) is 4.23. The van der Waals surface area contributed by atoms with Crippen LogP contribution in [-0.2, 0) is 0 Å². The van der Waals surface area contributed by atoms with Crippen molar-refractivity contribution in [3.8, 4) is 5.75 Å². The van der Waals surface area contributed by atoms with Crippen molar-refractivity contribution in [3.63, 3.8) is 0 Å². The van der Waals surface area contributed by atoms with Crippen LogP contribution in [0.4, 0.5) is 10.1 Å². The molecular weight excluding hydrogens is 371 g/mol. The Morgan fingerprint density at radius 2 is 2.00 bits per heavy atom. The van der Waals surface area contributed by atoms with Crippen molar-refractivity contribution >= 4 is 34.0 Å². The quantitative estimate of drug-likeness (QED) is 0.727. The van der Waals surface area contributed by atoms with Gasteiger partial charge in [0.15, 0.2) is 0 Å². The molecule has 4 rings (SSSR count). The molecule has 2 aromatic rings. The van der Waals surface area contributed by atoms with Crippen molar-refractivity contribution < 1.29 is 19.4 Å².